The fraction of sp³-hybridized carbons (Fsp3) is 0.0769. The number of benzene rings is 1. The van der Waals surface area contributed by atoms with Crippen LogP contribution in [0.5, 0.6) is 0 Å². The average Bonchev–Trinajstić information content (AvgIpc) is 2.30. The van der Waals surface area contributed by atoms with E-state index in [1.807, 2.05) is 31.2 Å². The van der Waals surface area contributed by atoms with Crippen molar-refractivity contribution < 1.29 is 0 Å². The summed E-state index contributed by atoms with van der Waals surface area (Å²) in [6.45, 7) is 5.67. The van der Waals surface area contributed by atoms with Gasteiger partial charge in [0.25, 0.3) is 0 Å². The maximum atomic E-state index is 4.37. The summed E-state index contributed by atoms with van der Waals surface area (Å²) in [4.78, 5) is 8.72. The van der Waals surface area contributed by atoms with E-state index in [4.69, 9.17) is 0 Å². The molecule has 15 heavy (non-hydrogen) atoms. The standard InChI is InChI=1S/C13H12N2/c1-3-10-9-15-12-8-6-5-7-11(12)13(10)14-4-2/h3-9H,1H2,2H3. The van der Waals surface area contributed by atoms with Gasteiger partial charge in [0.15, 0.2) is 0 Å². The van der Waals surface area contributed by atoms with Crippen molar-refractivity contribution in [1.29, 1.82) is 0 Å². The van der Waals surface area contributed by atoms with E-state index in [-0.39, 0.29) is 0 Å². The van der Waals surface area contributed by atoms with E-state index >= 15 is 0 Å². The molecule has 0 saturated heterocycles. The van der Waals surface area contributed by atoms with E-state index in [9.17, 15) is 0 Å². The van der Waals surface area contributed by atoms with Gasteiger partial charge in [-0.15, -0.1) is 0 Å². The maximum Gasteiger partial charge on any atom is 0.0807 e. The van der Waals surface area contributed by atoms with Crippen LogP contribution in [0.3, 0.4) is 0 Å². The fourth-order valence-corrected chi connectivity index (χ4v) is 1.56. The third kappa shape index (κ3) is 1.66. The summed E-state index contributed by atoms with van der Waals surface area (Å²) < 4.78 is 0. The van der Waals surface area contributed by atoms with Gasteiger partial charge in [0.1, 0.15) is 0 Å². The molecule has 0 N–H and O–H groups in total. The summed E-state index contributed by atoms with van der Waals surface area (Å²) in [6.07, 6.45) is 5.37. The zero-order chi connectivity index (χ0) is 10.7. The first-order valence-electron chi connectivity index (χ1n) is 4.85. The van der Waals surface area contributed by atoms with Crippen LogP contribution in [0.1, 0.15) is 12.5 Å². The molecule has 2 heteroatoms. The lowest BCUT2D eigenvalue weighted by atomic mass is 10.1. The molecule has 0 atom stereocenters. The Balaban J connectivity index is 2.84. The monoisotopic (exact) mass is 196 g/mol. The number of rotatable bonds is 2. The molecule has 2 rings (SSSR count). The molecule has 0 amide bonds. The summed E-state index contributed by atoms with van der Waals surface area (Å²) in [5, 5.41) is 1.06. The molecule has 1 heterocycles. The molecule has 0 aliphatic carbocycles. The Morgan fingerprint density at radius 1 is 1.33 bits per heavy atom. The Hall–Kier alpha value is -1.96. The van der Waals surface area contributed by atoms with Crippen LogP contribution in [0.4, 0.5) is 5.69 Å². The van der Waals surface area contributed by atoms with Gasteiger partial charge in [-0.1, -0.05) is 30.9 Å². The van der Waals surface area contributed by atoms with Gasteiger partial charge in [-0.2, -0.15) is 0 Å². The third-order valence-corrected chi connectivity index (χ3v) is 2.25. The lowest BCUT2D eigenvalue weighted by Crippen LogP contribution is -1.83. The number of hydrogen-bond acceptors (Lipinski definition) is 2. The van der Waals surface area contributed by atoms with Crippen LogP contribution in [-0.4, -0.2) is 11.2 Å². The van der Waals surface area contributed by atoms with Gasteiger partial charge in [0.2, 0.25) is 0 Å². The molecule has 1 aromatic heterocycles. The predicted octanol–water partition coefficient (Wildman–Crippen LogP) is 3.60. The van der Waals surface area contributed by atoms with Crippen molar-refractivity contribution in [3.63, 3.8) is 0 Å². The van der Waals surface area contributed by atoms with Crippen molar-refractivity contribution in [3.05, 3.63) is 42.6 Å². The normalized spacial score (nSPS) is 11.0. The quantitative estimate of drug-likeness (QED) is 0.674. The average molecular weight is 196 g/mol. The van der Waals surface area contributed by atoms with Gasteiger partial charge in [-0.3, -0.25) is 9.98 Å². The molecule has 1 aromatic carbocycles. The number of para-hydroxylation sites is 1. The molecule has 0 aliphatic rings. The minimum Gasteiger partial charge on any atom is -0.260 e. The van der Waals surface area contributed by atoms with Crippen molar-refractivity contribution in [1.82, 2.24) is 4.98 Å². The SMILES string of the molecule is C=Cc1cnc2ccccc2c1N=CC. The van der Waals surface area contributed by atoms with Crippen LogP contribution in [0.2, 0.25) is 0 Å². The molecular formula is C13H12N2. The second-order valence-corrected chi connectivity index (χ2v) is 3.17. The highest BCUT2D eigenvalue weighted by molar-refractivity contribution is 5.94. The number of nitrogens with zero attached hydrogens (tertiary/aromatic N) is 2. The van der Waals surface area contributed by atoms with Gasteiger partial charge >= 0.3 is 0 Å². The summed E-state index contributed by atoms with van der Waals surface area (Å²) in [5.74, 6) is 0. The van der Waals surface area contributed by atoms with E-state index in [0.29, 0.717) is 0 Å². The van der Waals surface area contributed by atoms with Gasteiger partial charge in [-0.25, -0.2) is 0 Å². The van der Waals surface area contributed by atoms with E-state index in [1.54, 1.807) is 18.5 Å². The molecule has 0 fully saturated rings. The lowest BCUT2D eigenvalue weighted by Gasteiger charge is -2.04. The molecule has 0 spiro atoms. The molecule has 2 nitrogen and oxygen atoms in total. The Morgan fingerprint density at radius 3 is 2.87 bits per heavy atom. The van der Waals surface area contributed by atoms with Gasteiger partial charge in [0, 0.05) is 23.4 Å². The Morgan fingerprint density at radius 2 is 2.13 bits per heavy atom. The number of fused-ring (bicyclic) bond motifs is 1. The Kier molecular flexibility index (Phi) is 2.59. The summed E-state index contributed by atoms with van der Waals surface area (Å²) in [7, 11) is 0. The van der Waals surface area contributed by atoms with Crippen LogP contribution in [0, 0.1) is 0 Å². The smallest absolute Gasteiger partial charge is 0.0807 e. The number of aromatic nitrogens is 1. The summed E-state index contributed by atoms with van der Waals surface area (Å²) >= 11 is 0. The highest BCUT2D eigenvalue weighted by atomic mass is 14.8. The third-order valence-electron chi connectivity index (χ3n) is 2.25. The first-order chi connectivity index (χ1) is 7.36. The van der Waals surface area contributed by atoms with E-state index < -0.39 is 0 Å². The minimum absolute atomic E-state index is 0.943. The molecule has 2 aromatic rings. The van der Waals surface area contributed by atoms with Crippen LogP contribution in [0.15, 0.2) is 42.0 Å². The van der Waals surface area contributed by atoms with Gasteiger partial charge < -0.3 is 0 Å². The molecule has 74 valence electrons. The molecule has 0 saturated carbocycles. The number of pyridine rings is 1. The second kappa shape index (κ2) is 4.05. The first kappa shape index (κ1) is 9.59. The number of hydrogen-bond donors (Lipinski definition) is 0. The van der Waals surface area contributed by atoms with E-state index in [0.717, 1.165) is 22.2 Å². The van der Waals surface area contributed by atoms with Crippen molar-refractivity contribution in [3.8, 4) is 0 Å². The van der Waals surface area contributed by atoms with Crippen LogP contribution < -0.4 is 0 Å². The van der Waals surface area contributed by atoms with Crippen molar-refractivity contribution in [2.24, 2.45) is 4.99 Å². The predicted molar refractivity (Wildman–Crippen MR) is 65.7 cm³/mol. The minimum atomic E-state index is 0.943. The molecule has 0 radical (unpaired) electrons. The van der Waals surface area contributed by atoms with E-state index in [2.05, 4.69) is 16.6 Å². The zero-order valence-electron chi connectivity index (χ0n) is 8.64. The lowest BCUT2D eigenvalue weighted by molar-refractivity contribution is 1.38. The highest BCUT2D eigenvalue weighted by Crippen LogP contribution is 2.28. The van der Waals surface area contributed by atoms with Crippen LogP contribution in [-0.2, 0) is 0 Å². The topological polar surface area (TPSA) is 25.2 Å². The summed E-state index contributed by atoms with van der Waals surface area (Å²) in [6, 6.07) is 7.97. The van der Waals surface area contributed by atoms with Crippen molar-refractivity contribution in [2.45, 2.75) is 6.92 Å². The first-order valence-corrected chi connectivity index (χ1v) is 4.85. The molecule has 0 aliphatic heterocycles. The maximum absolute atomic E-state index is 4.37. The fourth-order valence-electron chi connectivity index (χ4n) is 1.56. The van der Waals surface area contributed by atoms with Crippen molar-refractivity contribution in [2.75, 3.05) is 0 Å². The Labute approximate surface area is 89.0 Å². The Bertz CT molecular complexity index is 527. The van der Waals surface area contributed by atoms with Gasteiger partial charge in [0.05, 0.1) is 11.2 Å². The second-order valence-electron chi connectivity index (χ2n) is 3.17. The van der Waals surface area contributed by atoms with Crippen molar-refractivity contribution >= 4 is 28.9 Å². The summed E-state index contributed by atoms with van der Waals surface area (Å²) in [5.41, 5.74) is 2.87. The van der Waals surface area contributed by atoms with Crippen LogP contribution >= 0.6 is 0 Å². The van der Waals surface area contributed by atoms with Crippen LogP contribution in [0.25, 0.3) is 17.0 Å². The number of aliphatic imine (C=N–C) groups is 1. The molecule has 0 bridgehead atoms. The highest BCUT2D eigenvalue weighted by Gasteiger charge is 2.03. The molecule has 0 unspecified atom stereocenters. The van der Waals surface area contributed by atoms with E-state index in [1.165, 1.54) is 0 Å². The largest absolute Gasteiger partial charge is 0.260 e. The molecular weight excluding hydrogens is 184 g/mol. The zero-order valence-corrected chi connectivity index (χ0v) is 8.64. The van der Waals surface area contributed by atoms with Gasteiger partial charge in [-0.05, 0) is 13.0 Å².